The molecular weight excluding hydrogens is 294 g/mol. The number of aromatic nitrogens is 2. The minimum Gasteiger partial charge on any atom is -0.378 e. The summed E-state index contributed by atoms with van der Waals surface area (Å²) in [5.74, 6) is 0.00490. The second-order valence-corrected chi connectivity index (χ2v) is 7.49. The van der Waals surface area contributed by atoms with Gasteiger partial charge in [0.25, 0.3) is 0 Å². The van der Waals surface area contributed by atoms with Crippen LogP contribution in [0.3, 0.4) is 0 Å². The van der Waals surface area contributed by atoms with Crippen molar-refractivity contribution in [2.45, 2.75) is 26.1 Å². The topological polar surface area (TPSA) is 73.7 Å². The van der Waals surface area contributed by atoms with Gasteiger partial charge in [0, 0.05) is 31.9 Å². The van der Waals surface area contributed by atoms with Crippen molar-refractivity contribution in [1.29, 1.82) is 0 Å². The van der Waals surface area contributed by atoms with Crippen molar-refractivity contribution in [1.82, 2.24) is 14.1 Å². The molecule has 7 nitrogen and oxygen atoms in total. The largest absolute Gasteiger partial charge is 0.378 e. The lowest BCUT2D eigenvalue weighted by Gasteiger charge is -2.31. The zero-order chi connectivity index (χ0) is 15.5. The molecule has 2 heterocycles. The number of nitrogens with zero attached hydrogens (tertiary/aromatic N) is 3. The molecule has 0 unspecified atom stereocenters. The van der Waals surface area contributed by atoms with Crippen LogP contribution in [-0.2, 0) is 26.5 Å². The summed E-state index contributed by atoms with van der Waals surface area (Å²) < 4.78 is 38.8. The van der Waals surface area contributed by atoms with Crippen molar-refractivity contribution in [2.75, 3.05) is 32.1 Å². The maximum absolute atomic E-state index is 12.3. The average molecular weight is 317 g/mol. The Hall–Kier alpha value is -0.960. The molecule has 2 rings (SSSR count). The molecule has 1 fully saturated rings. The monoisotopic (exact) mass is 317 g/mol. The van der Waals surface area contributed by atoms with Gasteiger partial charge in [0.1, 0.15) is 0 Å². The van der Waals surface area contributed by atoms with Crippen LogP contribution in [-0.4, -0.2) is 60.7 Å². The van der Waals surface area contributed by atoms with Gasteiger partial charge in [-0.15, -0.1) is 0 Å². The Bertz CT molecular complexity index is 556. The highest BCUT2D eigenvalue weighted by molar-refractivity contribution is 7.89. The van der Waals surface area contributed by atoms with E-state index in [9.17, 15) is 8.42 Å². The minimum absolute atomic E-state index is 0.00490. The fraction of sp³-hybridized carbons (Fsp3) is 0.769. The zero-order valence-electron chi connectivity index (χ0n) is 12.7. The molecule has 1 aromatic rings. The van der Waals surface area contributed by atoms with Crippen LogP contribution < -0.4 is 0 Å². The van der Waals surface area contributed by atoms with E-state index in [-0.39, 0.29) is 24.6 Å². The van der Waals surface area contributed by atoms with Gasteiger partial charge in [0.15, 0.2) is 0 Å². The van der Waals surface area contributed by atoms with E-state index in [1.54, 1.807) is 10.9 Å². The van der Waals surface area contributed by atoms with Crippen molar-refractivity contribution in [2.24, 2.45) is 7.05 Å². The normalized spacial score (nSPS) is 21.0. The molecule has 1 atom stereocenters. The summed E-state index contributed by atoms with van der Waals surface area (Å²) in [5.41, 5.74) is 0.899. The van der Waals surface area contributed by atoms with E-state index in [4.69, 9.17) is 9.47 Å². The van der Waals surface area contributed by atoms with Gasteiger partial charge in [0.05, 0.1) is 37.4 Å². The number of hydrogen-bond donors (Lipinski definition) is 0. The Morgan fingerprint density at radius 3 is 2.90 bits per heavy atom. The highest BCUT2D eigenvalue weighted by Crippen LogP contribution is 2.23. The van der Waals surface area contributed by atoms with Crippen molar-refractivity contribution >= 4 is 10.0 Å². The lowest BCUT2D eigenvalue weighted by Crippen LogP contribution is -2.43. The van der Waals surface area contributed by atoms with Gasteiger partial charge in [-0.2, -0.15) is 9.40 Å². The zero-order valence-corrected chi connectivity index (χ0v) is 13.5. The molecule has 1 saturated heterocycles. The van der Waals surface area contributed by atoms with Crippen LogP contribution in [0.2, 0.25) is 0 Å². The molecule has 8 heteroatoms. The molecule has 0 aromatic carbocycles. The maximum atomic E-state index is 12.3. The first-order valence-electron chi connectivity index (χ1n) is 7.08. The average Bonchev–Trinajstić information content (AvgIpc) is 2.85. The first kappa shape index (κ1) is 16.4. The third-order valence-electron chi connectivity index (χ3n) is 3.31. The van der Waals surface area contributed by atoms with Crippen LogP contribution in [0, 0.1) is 0 Å². The summed E-state index contributed by atoms with van der Waals surface area (Å²) in [6.45, 7) is 5.11. The fourth-order valence-corrected chi connectivity index (χ4v) is 3.48. The van der Waals surface area contributed by atoms with Crippen molar-refractivity contribution in [3.8, 4) is 0 Å². The maximum Gasteiger partial charge on any atom is 0.216 e. The van der Waals surface area contributed by atoms with Gasteiger partial charge in [0.2, 0.25) is 10.0 Å². The molecule has 120 valence electrons. The Morgan fingerprint density at radius 2 is 2.29 bits per heavy atom. The number of hydrogen-bond acceptors (Lipinski definition) is 5. The van der Waals surface area contributed by atoms with Crippen molar-refractivity contribution in [3.63, 3.8) is 0 Å². The summed E-state index contributed by atoms with van der Waals surface area (Å²) in [6.07, 6.45) is 3.34. The van der Waals surface area contributed by atoms with E-state index < -0.39 is 10.0 Å². The summed E-state index contributed by atoms with van der Waals surface area (Å²) in [4.78, 5) is 0. The Labute approximate surface area is 125 Å². The highest BCUT2D eigenvalue weighted by atomic mass is 32.2. The predicted octanol–water partition coefficient (Wildman–Crippen LogP) is 0.548. The van der Waals surface area contributed by atoms with E-state index in [1.807, 2.05) is 27.1 Å². The molecule has 21 heavy (non-hydrogen) atoms. The van der Waals surface area contributed by atoms with Gasteiger partial charge < -0.3 is 9.47 Å². The van der Waals surface area contributed by atoms with Crippen LogP contribution in [0.5, 0.6) is 0 Å². The van der Waals surface area contributed by atoms with Gasteiger partial charge in [-0.1, -0.05) is 0 Å². The molecular formula is C13H23N3O4S. The molecule has 0 radical (unpaired) electrons. The summed E-state index contributed by atoms with van der Waals surface area (Å²) in [6, 6.07) is 0. The van der Waals surface area contributed by atoms with Gasteiger partial charge in [-0.3, -0.25) is 4.68 Å². The molecule has 0 amide bonds. The number of ether oxygens (including phenoxy) is 2. The summed E-state index contributed by atoms with van der Waals surface area (Å²) >= 11 is 0. The number of morpholine rings is 1. The highest BCUT2D eigenvalue weighted by Gasteiger charge is 2.30. The third-order valence-corrected chi connectivity index (χ3v) is 5.11. The quantitative estimate of drug-likeness (QED) is 0.766. The third kappa shape index (κ3) is 4.50. The molecule has 1 aromatic heterocycles. The molecule has 0 bridgehead atoms. The van der Waals surface area contributed by atoms with Crippen LogP contribution in [0.15, 0.2) is 12.4 Å². The van der Waals surface area contributed by atoms with Gasteiger partial charge in [-0.25, -0.2) is 8.42 Å². The van der Waals surface area contributed by atoms with E-state index in [1.165, 1.54) is 4.31 Å². The second kappa shape index (κ2) is 6.87. The van der Waals surface area contributed by atoms with Crippen LogP contribution in [0.25, 0.3) is 0 Å². The molecule has 0 aliphatic carbocycles. The predicted molar refractivity (Wildman–Crippen MR) is 78.3 cm³/mol. The van der Waals surface area contributed by atoms with Crippen molar-refractivity contribution < 1.29 is 17.9 Å². The Kier molecular flexibility index (Phi) is 5.37. The lowest BCUT2D eigenvalue weighted by molar-refractivity contribution is -0.00293. The molecule has 0 spiro atoms. The molecule has 0 N–H and O–H groups in total. The Balaban J connectivity index is 1.96. The van der Waals surface area contributed by atoms with Crippen LogP contribution in [0.4, 0.5) is 0 Å². The van der Waals surface area contributed by atoms with Crippen molar-refractivity contribution in [3.05, 3.63) is 18.0 Å². The lowest BCUT2D eigenvalue weighted by atomic mass is 10.2. The molecule has 0 saturated carbocycles. The molecule has 1 aliphatic heterocycles. The van der Waals surface area contributed by atoms with Crippen LogP contribution >= 0.6 is 0 Å². The first-order chi connectivity index (χ1) is 9.88. The number of rotatable bonds is 6. The van der Waals surface area contributed by atoms with E-state index in [2.05, 4.69) is 5.10 Å². The van der Waals surface area contributed by atoms with E-state index in [0.29, 0.717) is 19.7 Å². The standard InChI is InChI=1S/C13H23N3O4S/c1-11(2)19-6-7-21(17,18)16-4-5-20-13(10-16)12-8-14-15(3)9-12/h8-9,11,13H,4-7,10H2,1-3H3/t13-/m1/s1. The first-order valence-corrected chi connectivity index (χ1v) is 8.69. The minimum atomic E-state index is -3.31. The van der Waals surface area contributed by atoms with Crippen LogP contribution in [0.1, 0.15) is 25.5 Å². The Morgan fingerprint density at radius 1 is 1.52 bits per heavy atom. The van der Waals surface area contributed by atoms with E-state index >= 15 is 0 Å². The summed E-state index contributed by atoms with van der Waals surface area (Å²) in [5, 5.41) is 4.10. The van der Waals surface area contributed by atoms with Gasteiger partial charge in [-0.05, 0) is 13.8 Å². The molecule has 1 aliphatic rings. The number of sulfonamides is 1. The summed E-state index contributed by atoms with van der Waals surface area (Å²) in [7, 11) is -1.49. The van der Waals surface area contributed by atoms with Gasteiger partial charge >= 0.3 is 0 Å². The van der Waals surface area contributed by atoms with E-state index in [0.717, 1.165) is 5.56 Å². The second-order valence-electron chi connectivity index (χ2n) is 5.40. The number of aryl methyl sites for hydroxylation is 1. The smallest absolute Gasteiger partial charge is 0.216 e. The fourth-order valence-electron chi connectivity index (χ4n) is 2.20. The SMILES string of the molecule is CC(C)OCCS(=O)(=O)N1CCO[C@@H](c2cnn(C)c2)C1.